The average molecular weight is 456 g/mol. The second kappa shape index (κ2) is 9.61. The van der Waals surface area contributed by atoms with Crippen LogP contribution in [0.4, 0.5) is 15.8 Å². The third kappa shape index (κ3) is 5.50. The maximum atomic E-state index is 13.8. The SMILES string of the molecule is Cc1cccc(NC(=O)CNC(=O)c2cccc(S(=O)(=O)Nc3ccccc3F)c2)c1C. The van der Waals surface area contributed by atoms with Crippen LogP contribution in [0.2, 0.25) is 0 Å². The van der Waals surface area contributed by atoms with Gasteiger partial charge in [-0.3, -0.25) is 14.3 Å². The molecule has 3 aromatic rings. The molecule has 0 aliphatic rings. The van der Waals surface area contributed by atoms with Crippen LogP contribution in [-0.2, 0) is 14.8 Å². The minimum absolute atomic E-state index is 0.0425. The quantitative estimate of drug-likeness (QED) is 0.506. The van der Waals surface area contributed by atoms with Gasteiger partial charge in [-0.25, -0.2) is 12.8 Å². The molecular formula is C23H22FN3O4S. The first kappa shape index (κ1) is 23.0. The normalized spacial score (nSPS) is 11.0. The number of halogens is 1. The number of hydrogen-bond donors (Lipinski definition) is 3. The van der Waals surface area contributed by atoms with Crippen molar-refractivity contribution >= 4 is 33.2 Å². The Kier molecular flexibility index (Phi) is 6.89. The first-order valence-corrected chi connectivity index (χ1v) is 11.2. The summed E-state index contributed by atoms with van der Waals surface area (Å²) in [4.78, 5) is 24.4. The van der Waals surface area contributed by atoms with Crippen LogP contribution < -0.4 is 15.4 Å². The molecule has 7 nitrogen and oxygen atoms in total. The van der Waals surface area contributed by atoms with Gasteiger partial charge in [-0.05, 0) is 61.4 Å². The van der Waals surface area contributed by atoms with E-state index in [1.165, 1.54) is 36.4 Å². The molecule has 0 radical (unpaired) electrons. The number of nitrogens with one attached hydrogen (secondary N) is 3. The second-order valence-electron chi connectivity index (χ2n) is 7.09. The number of hydrogen-bond acceptors (Lipinski definition) is 4. The summed E-state index contributed by atoms with van der Waals surface area (Å²) in [6.45, 7) is 3.51. The lowest BCUT2D eigenvalue weighted by atomic mass is 10.1. The fourth-order valence-corrected chi connectivity index (χ4v) is 4.01. The van der Waals surface area contributed by atoms with E-state index in [2.05, 4.69) is 15.4 Å². The monoisotopic (exact) mass is 455 g/mol. The van der Waals surface area contributed by atoms with E-state index in [4.69, 9.17) is 0 Å². The molecule has 0 unspecified atom stereocenters. The van der Waals surface area contributed by atoms with Crippen molar-refractivity contribution < 1.29 is 22.4 Å². The van der Waals surface area contributed by atoms with Crippen LogP contribution in [-0.4, -0.2) is 26.8 Å². The van der Waals surface area contributed by atoms with Crippen molar-refractivity contribution in [1.29, 1.82) is 0 Å². The van der Waals surface area contributed by atoms with E-state index in [-0.39, 0.29) is 22.7 Å². The lowest BCUT2D eigenvalue weighted by molar-refractivity contribution is -0.115. The van der Waals surface area contributed by atoms with Gasteiger partial charge in [-0.15, -0.1) is 0 Å². The lowest BCUT2D eigenvalue weighted by Crippen LogP contribution is -2.33. The molecule has 3 N–H and O–H groups in total. The summed E-state index contributed by atoms with van der Waals surface area (Å²) >= 11 is 0. The van der Waals surface area contributed by atoms with Gasteiger partial charge in [-0.2, -0.15) is 0 Å². The largest absolute Gasteiger partial charge is 0.343 e. The predicted molar refractivity (Wildman–Crippen MR) is 121 cm³/mol. The zero-order valence-electron chi connectivity index (χ0n) is 17.5. The number of rotatable bonds is 7. The van der Waals surface area contributed by atoms with Crippen LogP contribution in [0, 0.1) is 19.7 Å². The summed E-state index contributed by atoms with van der Waals surface area (Å²) in [6, 6.07) is 16.1. The zero-order chi connectivity index (χ0) is 23.3. The van der Waals surface area contributed by atoms with Crippen LogP contribution >= 0.6 is 0 Å². The van der Waals surface area contributed by atoms with Crippen LogP contribution in [0.15, 0.2) is 71.6 Å². The van der Waals surface area contributed by atoms with Gasteiger partial charge < -0.3 is 10.6 Å². The minimum atomic E-state index is -4.12. The Bertz CT molecular complexity index is 1280. The molecule has 166 valence electrons. The molecule has 0 aromatic heterocycles. The molecule has 0 spiro atoms. The third-order valence-corrected chi connectivity index (χ3v) is 6.18. The maximum absolute atomic E-state index is 13.8. The number of aryl methyl sites for hydroxylation is 1. The molecule has 0 saturated heterocycles. The molecule has 0 fully saturated rings. The number of amides is 2. The Morgan fingerprint density at radius 1 is 0.906 bits per heavy atom. The van der Waals surface area contributed by atoms with E-state index >= 15 is 0 Å². The van der Waals surface area contributed by atoms with Gasteiger partial charge in [0.2, 0.25) is 5.91 Å². The first-order valence-electron chi connectivity index (χ1n) is 9.69. The molecule has 3 aromatic carbocycles. The van der Waals surface area contributed by atoms with Gasteiger partial charge in [0, 0.05) is 11.3 Å². The van der Waals surface area contributed by atoms with Gasteiger partial charge in [-0.1, -0.05) is 30.3 Å². The van der Waals surface area contributed by atoms with Crippen LogP contribution in [0.1, 0.15) is 21.5 Å². The van der Waals surface area contributed by atoms with Crippen molar-refractivity contribution in [3.8, 4) is 0 Å². The fourth-order valence-electron chi connectivity index (χ4n) is 2.90. The summed E-state index contributed by atoms with van der Waals surface area (Å²) < 4.78 is 41.1. The van der Waals surface area contributed by atoms with Crippen molar-refractivity contribution in [2.45, 2.75) is 18.7 Å². The molecular weight excluding hydrogens is 433 g/mol. The zero-order valence-corrected chi connectivity index (χ0v) is 18.3. The van der Waals surface area contributed by atoms with Gasteiger partial charge in [0.1, 0.15) is 5.82 Å². The first-order chi connectivity index (χ1) is 15.2. The van der Waals surface area contributed by atoms with E-state index in [0.717, 1.165) is 23.3 Å². The predicted octanol–water partition coefficient (Wildman–Crippen LogP) is 3.61. The number of carbonyl (C=O) groups is 2. The molecule has 9 heteroatoms. The van der Waals surface area contributed by atoms with Crippen molar-refractivity contribution in [1.82, 2.24) is 5.32 Å². The maximum Gasteiger partial charge on any atom is 0.262 e. The second-order valence-corrected chi connectivity index (χ2v) is 8.77. The minimum Gasteiger partial charge on any atom is -0.343 e. The number of carbonyl (C=O) groups excluding carboxylic acids is 2. The fraction of sp³-hybridized carbons (Fsp3) is 0.130. The highest BCUT2D eigenvalue weighted by Gasteiger charge is 2.18. The van der Waals surface area contributed by atoms with E-state index in [0.29, 0.717) is 5.69 Å². The van der Waals surface area contributed by atoms with Crippen LogP contribution in [0.3, 0.4) is 0 Å². The van der Waals surface area contributed by atoms with Crippen molar-refractivity contribution in [2.24, 2.45) is 0 Å². The Hall–Kier alpha value is -3.72. The summed E-state index contributed by atoms with van der Waals surface area (Å²) in [5.74, 6) is -1.76. The van der Waals surface area contributed by atoms with Gasteiger partial charge in [0.05, 0.1) is 17.1 Å². The van der Waals surface area contributed by atoms with E-state index < -0.39 is 27.7 Å². The van der Waals surface area contributed by atoms with Crippen molar-refractivity contribution in [3.63, 3.8) is 0 Å². The summed E-state index contributed by atoms with van der Waals surface area (Å²) in [5, 5.41) is 5.20. The van der Waals surface area contributed by atoms with Crippen molar-refractivity contribution in [2.75, 3.05) is 16.6 Å². The molecule has 0 aliphatic heterocycles. The number of anilines is 2. The molecule has 0 aliphatic carbocycles. The number of sulfonamides is 1. The van der Waals surface area contributed by atoms with Gasteiger partial charge in [0.15, 0.2) is 0 Å². The molecule has 0 heterocycles. The number of benzene rings is 3. The molecule has 0 atom stereocenters. The summed E-state index contributed by atoms with van der Waals surface area (Å²) in [5.41, 5.74) is 2.43. The Balaban J connectivity index is 1.66. The topological polar surface area (TPSA) is 104 Å². The van der Waals surface area contributed by atoms with Crippen LogP contribution in [0.5, 0.6) is 0 Å². The Labute approximate surface area is 185 Å². The van der Waals surface area contributed by atoms with Gasteiger partial charge >= 0.3 is 0 Å². The molecule has 0 bridgehead atoms. The smallest absolute Gasteiger partial charge is 0.262 e. The molecule has 3 rings (SSSR count). The lowest BCUT2D eigenvalue weighted by Gasteiger charge is -2.12. The molecule has 32 heavy (non-hydrogen) atoms. The highest BCUT2D eigenvalue weighted by Crippen LogP contribution is 2.20. The Morgan fingerprint density at radius 3 is 2.34 bits per heavy atom. The summed E-state index contributed by atoms with van der Waals surface area (Å²) in [7, 11) is -4.12. The van der Waals surface area contributed by atoms with E-state index in [1.807, 2.05) is 26.0 Å². The van der Waals surface area contributed by atoms with Crippen molar-refractivity contribution in [3.05, 3.63) is 89.2 Å². The number of para-hydroxylation sites is 1. The highest BCUT2D eigenvalue weighted by molar-refractivity contribution is 7.92. The Morgan fingerprint density at radius 2 is 1.59 bits per heavy atom. The molecule has 2 amide bonds. The average Bonchev–Trinajstić information content (AvgIpc) is 2.77. The standard InChI is InChI=1S/C23H22FN3O4S/c1-15-7-5-12-20(16(15)2)26-22(28)14-25-23(29)17-8-6-9-18(13-17)32(30,31)27-21-11-4-3-10-19(21)24/h3-13,27H,14H2,1-2H3,(H,25,29)(H,26,28). The summed E-state index contributed by atoms with van der Waals surface area (Å²) in [6.07, 6.45) is 0. The van der Waals surface area contributed by atoms with E-state index in [9.17, 15) is 22.4 Å². The van der Waals surface area contributed by atoms with Crippen LogP contribution in [0.25, 0.3) is 0 Å². The molecule has 0 saturated carbocycles. The van der Waals surface area contributed by atoms with Gasteiger partial charge in [0.25, 0.3) is 15.9 Å². The van der Waals surface area contributed by atoms with E-state index in [1.54, 1.807) is 6.07 Å². The third-order valence-electron chi connectivity index (χ3n) is 4.81. The highest BCUT2D eigenvalue weighted by atomic mass is 32.2.